The summed E-state index contributed by atoms with van der Waals surface area (Å²) >= 11 is 0. The number of likely N-dealkylation sites (N-methyl/N-ethyl adjacent to an activating group) is 1. The fourth-order valence-corrected chi connectivity index (χ4v) is 4.31. The van der Waals surface area contributed by atoms with Crippen molar-refractivity contribution in [3.05, 3.63) is 29.8 Å². The molecule has 0 aliphatic carbocycles. The van der Waals surface area contributed by atoms with Gasteiger partial charge in [-0.2, -0.15) is 0 Å². The lowest BCUT2D eigenvalue weighted by molar-refractivity contribution is -0.137. The summed E-state index contributed by atoms with van der Waals surface area (Å²) in [4.78, 5) is 17.1. The molecular weight excluding hydrogens is 312 g/mol. The van der Waals surface area contributed by atoms with Crippen molar-refractivity contribution in [3.8, 4) is 0 Å². The van der Waals surface area contributed by atoms with Gasteiger partial charge in [-0.05, 0) is 38.6 Å². The highest BCUT2D eigenvalue weighted by Gasteiger charge is 2.31. The van der Waals surface area contributed by atoms with E-state index < -0.39 is 9.84 Å². The van der Waals surface area contributed by atoms with Crippen LogP contribution in [0.5, 0.6) is 0 Å². The third-order valence-corrected chi connectivity index (χ3v) is 6.11. The smallest absolute Gasteiger partial charge is 0.227 e. The normalized spacial score (nSPS) is 23.0. The Labute approximate surface area is 139 Å². The monoisotopic (exact) mass is 338 g/mol. The maximum absolute atomic E-state index is 12.7. The van der Waals surface area contributed by atoms with E-state index in [4.69, 9.17) is 0 Å². The molecule has 0 radical (unpaired) electrons. The number of carbonyl (C=O) groups excluding carboxylic acids is 1. The number of nitrogens with zero attached hydrogens (tertiary/aromatic N) is 2. The molecule has 0 bridgehead atoms. The molecule has 1 fully saturated rings. The fraction of sp³-hybridized carbons (Fsp3) is 0.588. The summed E-state index contributed by atoms with van der Waals surface area (Å²) in [6, 6.07) is 7.08. The van der Waals surface area contributed by atoms with Crippen LogP contribution >= 0.6 is 0 Å². The molecule has 23 heavy (non-hydrogen) atoms. The van der Waals surface area contributed by atoms with Gasteiger partial charge >= 0.3 is 0 Å². The highest BCUT2D eigenvalue weighted by molar-refractivity contribution is 7.91. The molecule has 0 saturated carbocycles. The topological polar surface area (TPSA) is 57.7 Å². The van der Waals surface area contributed by atoms with Crippen LogP contribution in [0.4, 0.5) is 0 Å². The zero-order chi connectivity index (χ0) is 17.2. The first-order valence-corrected chi connectivity index (χ1v) is 9.71. The van der Waals surface area contributed by atoms with Crippen molar-refractivity contribution in [2.24, 2.45) is 0 Å². The standard InChI is InChI=1S/C17H26N2O3S/c1-5-23(21,22)16-8-6-7-15(9-16)10-17(20)19-13(2)11-18(4)12-14(19)3/h6-9,13-14H,5,10-12H2,1-4H3. The van der Waals surface area contributed by atoms with E-state index in [0.29, 0.717) is 4.90 Å². The first-order valence-electron chi connectivity index (χ1n) is 8.06. The van der Waals surface area contributed by atoms with Crippen molar-refractivity contribution < 1.29 is 13.2 Å². The van der Waals surface area contributed by atoms with Gasteiger partial charge in [0.05, 0.1) is 17.1 Å². The average molecular weight is 338 g/mol. The fourth-order valence-electron chi connectivity index (χ4n) is 3.36. The zero-order valence-corrected chi connectivity index (χ0v) is 15.1. The van der Waals surface area contributed by atoms with E-state index in [-0.39, 0.29) is 30.2 Å². The van der Waals surface area contributed by atoms with Gasteiger partial charge in [-0.1, -0.05) is 19.1 Å². The summed E-state index contributed by atoms with van der Waals surface area (Å²) in [7, 11) is -1.18. The first-order chi connectivity index (χ1) is 10.7. The van der Waals surface area contributed by atoms with Crippen LogP contribution in [0.3, 0.4) is 0 Å². The molecule has 1 aromatic rings. The Morgan fingerprint density at radius 3 is 2.39 bits per heavy atom. The highest BCUT2D eigenvalue weighted by Crippen LogP contribution is 2.18. The van der Waals surface area contributed by atoms with Gasteiger partial charge in [0.1, 0.15) is 0 Å². The molecule has 1 aromatic carbocycles. The summed E-state index contributed by atoms with van der Waals surface area (Å²) in [6.45, 7) is 7.46. The van der Waals surface area contributed by atoms with Gasteiger partial charge in [0.25, 0.3) is 0 Å². The van der Waals surface area contributed by atoms with Gasteiger partial charge < -0.3 is 9.80 Å². The molecular formula is C17H26N2O3S. The first kappa shape index (κ1) is 17.9. The maximum atomic E-state index is 12.7. The third-order valence-electron chi connectivity index (χ3n) is 4.38. The van der Waals surface area contributed by atoms with Crippen LogP contribution in [0.1, 0.15) is 26.3 Å². The van der Waals surface area contributed by atoms with Crippen LogP contribution in [-0.2, 0) is 21.1 Å². The van der Waals surface area contributed by atoms with Crippen molar-refractivity contribution in [3.63, 3.8) is 0 Å². The van der Waals surface area contributed by atoms with Gasteiger partial charge in [-0.15, -0.1) is 0 Å². The lowest BCUT2D eigenvalue weighted by Crippen LogP contribution is -2.57. The van der Waals surface area contributed by atoms with Crippen LogP contribution in [0, 0.1) is 0 Å². The van der Waals surface area contributed by atoms with E-state index in [9.17, 15) is 13.2 Å². The number of hydrogen-bond acceptors (Lipinski definition) is 4. The Morgan fingerprint density at radius 2 is 1.83 bits per heavy atom. The van der Waals surface area contributed by atoms with Crippen LogP contribution in [0.15, 0.2) is 29.2 Å². The second kappa shape index (κ2) is 7.01. The summed E-state index contributed by atoms with van der Waals surface area (Å²) < 4.78 is 24.0. The predicted molar refractivity (Wildman–Crippen MR) is 91.1 cm³/mol. The minimum Gasteiger partial charge on any atom is -0.334 e. The Hall–Kier alpha value is -1.40. The molecule has 1 amide bonds. The molecule has 1 heterocycles. The minimum absolute atomic E-state index is 0.0594. The molecule has 1 aliphatic rings. The van der Waals surface area contributed by atoms with Crippen LogP contribution in [0.2, 0.25) is 0 Å². The molecule has 2 unspecified atom stereocenters. The van der Waals surface area contributed by atoms with Crippen molar-refractivity contribution in [1.29, 1.82) is 0 Å². The zero-order valence-electron chi connectivity index (χ0n) is 14.3. The molecule has 2 rings (SSSR count). The van der Waals surface area contributed by atoms with Gasteiger partial charge in [0.15, 0.2) is 9.84 Å². The number of benzene rings is 1. The molecule has 6 heteroatoms. The molecule has 5 nitrogen and oxygen atoms in total. The summed E-state index contributed by atoms with van der Waals surface area (Å²) in [5.41, 5.74) is 0.753. The Morgan fingerprint density at radius 1 is 1.22 bits per heavy atom. The lowest BCUT2D eigenvalue weighted by atomic mass is 10.1. The van der Waals surface area contributed by atoms with Gasteiger partial charge in [-0.3, -0.25) is 4.79 Å². The van der Waals surface area contributed by atoms with E-state index in [1.807, 2.05) is 11.0 Å². The SMILES string of the molecule is CCS(=O)(=O)c1cccc(CC(=O)N2C(C)CN(C)CC2C)c1. The second-order valence-electron chi connectivity index (χ2n) is 6.45. The number of rotatable bonds is 4. The molecule has 0 aromatic heterocycles. The van der Waals surface area contributed by atoms with E-state index in [0.717, 1.165) is 18.7 Å². The Kier molecular flexibility index (Phi) is 5.47. The largest absolute Gasteiger partial charge is 0.334 e. The van der Waals surface area contributed by atoms with Crippen molar-refractivity contribution >= 4 is 15.7 Å². The summed E-state index contributed by atoms with van der Waals surface area (Å²) in [6.07, 6.45) is 0.242. The highest BCUT2D eigenvalue weighted by atomic mass is 32.2. The number of amides is 1. The molecule has 2 atom stereocenters. The maximum Gasteiger partial charge on any atom is 0.227 e. The van der Waals surface area contributed by atoms with Gasteiger partial charge in [-0.25, -0.2) is 8.42 Å². The summed E-state index contributed by atoms with van der Waals surface area (Å²) in [5, 5.41) is 0. The molecule has 1 aliphatic heterocycles. The van der Waals surface area contributed by atoms with E-state index >= 15 is 0 Å². The van der Waals surface area contributed by atoms with Crippen molar-refractivity contribution in [1.82, 2.24) is 9.80 Å². The number of piperazine rings is 1. The van der Waals surface area contributed by atoms with Crippen molar-refractivity contribution in [2.75, 3.05) is 25.9 Å². The van der Waals surface area contributed by atoms with E-state index in [1.54, 1.807) is 25.1 Å². The molecule has 0 spiro atoms. The molecule has 1 saturated heterocycles. The van der Waals surface area contributed by atoms with Gasteiger partial charge in [0, 0.05) is 25.2 Å². The number of sulfone groups is 1. The third kappa shape index (κ3) is 4.12. The molecule has 0 N–H and O–H groups in total. The van der Waals surface area contributed by atoms with Crippen LogP contribution in [0.25, 0.3) is 0 Å². The minimum atomic E-state index is -3.24. The van der Waals surface area contributed by atoms with Crippen LogP contribution < -0.4 is 0 Å². The van der Waals surface area contributed by atoms with E-state index in [1.165, 1.54) is 0 Å². The predicted octanol–water partition coefficient (Wildman–Crippen LogP) is 1.57. The quantitative estimate of drug-likeness (QED) is 0.836. The second-order valence-corrected chi connectivity index (χ2v) is 8.73. The van der Waals surface area contributed by atoms with Gasteiger partial charge in [0.2, 0.25) is 5.91 Å². The number of hydrogen-bond donors (Lipinski definition) is 0. The number of carbonyl (C=O) groups is 1. The lowest BCUT2D eigenvalue weighted by Gasteiger charge is -2.43. The van der Waals surface area contributed by atoms with Crippen molar-refractivity contribution in [2.45, 2.75) is 44.2 Å². The van der Waals surface area contributed by atoms with E-state index in [2.05, 4.69) is 25.8 Å². The molecule has 128 valence electrons. The Bertz CT molecular complexity index is 660. The van der Waals surface area contributed by atoms with Crippen LogP contribution in [-0.4, -0.2) is 62.1 Å². The average Bonchev–Trinajstić information content (AvgIpc) is 2.46. The summed E-state index contributed by atoms with van der Waals surface area (Å²) in [5.74, 6) is 0.126. The Balaban J connectivity index is 2.16.